The summed E-state index contributed by atoms with van der Waals surface area (Å²) in [5, 5.41) is 104. The normalized spacial score (nSPS) is 19.6. The van der Waals surface area contributed by atoms with E-state index in [-0.39, 0.29) is 17.1 Å². The monoisotopic (exact) mass is 448 g/mol. The Labute approximate surface area is 162 Å². The van der Waals surface area contributed by atoms with Gasteiger partial charge in [-0.2, -0.15) is 0 Å². The molecule has 15 heteroatoms. The number of aliphatic hydroxyl groups is 10. The van der Waals surface area contributed by atoms with Crippen LogP contribution in [-0.2, 0) is 26.7 Å². The molecular formula is C12H24FeO14. The maximum atomic E-state index is 10.1. The molecule has 0 bridgehead atoms. The van der Waals surface area contributed by atoms with E-state index in [0.29, 0.717) is 0 Å². The molecule has 0 aliphatic heterocycles. The Balaban J connectivity index is -0.000000411. The van der Waals surface area contributed by atoms with Gasteiger partial charge in [-0.05, 0) is 0 Å². The summed E-state index contributed by atoms with van der Waals surface area (Å²) in [5.74, 6) is -3.45. The minimum Gasteiger partial charge on any atom is -0.479 e. The summed E-state index contributed by atoms with van der Waals surface area (Å²) < 4.78 is 0. The van der Waals surface area contributed by atoms with Crippen LogP contribution in [0.15, 0.2) is 0 Å². The zero-order valence-electron chi connectivity index (χ0n) is 13.6. The van der Waals surface area contributed by atoms with Crippen molar-refractivity contribution in [1.82, 2.24) is 0 Å². The minimum atomic E-state index is -2.20. The fraction of sp³-hybridized carbons (Fsp3) is 0.833. The number of carboxylic acids is 2. The molecule has 0 saturated heterocycles. The Morgan fingerprint density at radius 3 is 0.926 bits per heavy atom. The molecule has 0 radical (unpaired) electrons. The molecular weight excluding hydrogens is 424 g/mol. The van der Waals surface area contributed by atoms with E-state index in [4.69, 9.17) is 61.3 Å². The molecule has 0 fully saturated rings. The van der Waals surface area contributed by atoms with Gasteiger partial charge in [0.1, 0.15) is 36.6 Å². The van der Waals surface area contributed by atoms with Gasteiger partial charge in [0.25, 0.3) is 0 Å². The molecule has 0 aromatic heterocycles. The van der Waals surface area contributed by atoms with E-state index in [0.717, 1.165) is 0 Å². The van der Waals surface area contributed by atoms with Crippen molar-refractivity contribution in [3.63, 3.8) is 0 Å². The smallest absolute Gasteiger partial charge is 0.335 e. The van der Waals surface area contributed by atoms with Crippen molar-refractivity contribution in [3.8, 4) is 0 Å². The van der Waals surface area contributed by atoms with E-state index in [1.54, 1.807) is 0 Å². The zero-order chi connectivity index (χ0) is 21.2. The summed E-state index contributed by atoms with van der Waals surface area (Å²) in [6.45, 7) is -1.69. The van der Waals surface area contributed by atoms with Crippen molar-refractivity contribution < 1.29 is 87.9 Å². The van der Waals surface area contributed by atoms with E-state index >= 15 is 0 Å². The van der Waals surface area contributed by atoms with Crippen molar-refractivity contribution in [1.29, 1.82) is 0 Å². The second-order valence-electron chi connectivity index (χ2n) is 5.03. The third-order valence-electron chi connectivity index (χ3n) is 3.02. The first-order valence-electron chi connectivity index (χ1n) is 6.95. The first-order chi connectivity index (χ1) is 11.8. The van der Waals surface area contributed by atoms with Gasteiger partial charge in [0.15, 0.2) is 12.2 Å². The molecule has 0 saturated carbocycles. The number of hydrogen-bond donors (Lipinski definition) is 12. The fourth-order valence-electron chi connectivity index (χ4n) is 1.34. The van der Waals surface area contributed by atoms with Crippen molar-refractivity contribution in [2.45, 2.75) is 48.8 Å². The number of carboxylic acid groups (broad SMARTS) is 2. The van der Waals surface area contributed by atoms with Crippen molar-refractivity contribution >= 4 is 11.9 Å². The third kappa shape index (κ3) is 10.8. The summed E-state index contributed by atoms with van der Waals surface area (Å²) in [7, 11) is 0. The number of aliphatic carboxylic acids is 2. The maximum Gasteiger partial charge on any atom is 0.335 e. The molecule has 0 aliphatic rings. The molecule has 12 N–H and O–H groups in total. The van der Waals surface area contributed by atoms with Gasteiger partial charge in [-0.3, -0.25) is 0 Å². The predicted octanol–water partition coefficient (Wildman–Crippen LogP) is -6.99. The Kier molecular flexibility index (Phi) is 17.1. The predicted molar refractivity (Wildman–Crippen MR) is 77.5 cm³/mol. The topological polar surface area (TPSA) is 277 Å². The molecule has 0 aliphatic carbocycles. The third-order valence-corrected chi connectivity index (χ3v) is 3.02. The molecule has 0 heterocycles. The number of carbonyl (C=O) groups is 2. The SMILES string of the molecule is O=C(O)[C@H](O)[C@@H](O)[C@H](O)[C@H](O)CO.O=C(O)[C@H](O)[C@@H](O)[C@H](O)[C@H](O)CO.[Fe]. The summed E-state index contributed by atoms with van der Waals surface area (Å²) in [6.07, 6.45) is -15.7. The second kappa shape index (κ2) is 15.0. The standard InChI is InChI=1S/2C6H12O7.Fe/c2*7-1-2(8)3(9)4(10)5(11)6(12)13;/h2*2-5,7-11H,1H2,(H,12,13);/t2*2-,3-,4+,5-;/m11./s1. The molecule has 0 rings (SSSR count). The molecule has 8 atom stereocenters. The van der Waals surface area contributed by atoms with E-state index in [2.05, 4.69) is 0 Å². The molecule has 0 unspecified atom stereocenters. The van der Waals surface area contributed by atoms with Gasteiger partial charge < -0.3 is 61.3 Å². The molecule has 27 heavy (non-hydrogen) atoms. The fourth-order valence-corrected chi connectivity index (χ4v) is 1.34. The number of aliphatic hydroxyl groups excluding tert-OH is 10. The largest absolute Gasteiger partial charge is 0.479 e. The van der Waals surface area contributed by atoms with E-state index < -0.39 is 74.0 Å². The summed E-state index contributed by atoms with van der Waals surface area (Å²) in [5.41, 5.74) is 0. The average Bonchev–Trinajstić information content (AvgIpc) is 2.62. The second-order valence-corrected chi connectivity index (χ2v) is 5.03. The van der Waals surface area contributed by atoms with Gasteiger partial charge in [0.05, 0.1) is 13.2 Å². The molecule has 0 aromatic carbocycles. The molecule has 164 valence electrons. The van der Waals surface area contributed by atoms with Gasteiger partial charge in [0.2, 0.25) is 0 Å². The van der Waals surface area contributed by atoms with Crippen LogP contribution < -0.4 is 0 Å². The van der Waals surface area contributed by atoms with Crippen LogP contribution in [-0.4, -0.2) is 135 Å². The van der Waals surface area contributed by atoms with Gasteiger partial charge >= 0.3 is 11.9 Å². The molecule has 0 aromatic rings. The Morgan fingerprint density at radius 1 is 0.556 bits per heavy atom. The van der Waals surface area contributed by atoms with E-state index in [9.17, 15) is 9.59 Å². The number of rotatable bonds is 10. The first kappa shape index (κ1) is 30.8. The van der Waals surface area contributed by atoms with Gasteiger partial charge in [-0.1, -0.05) is 0 Å². The van der Waals surface area contributed by atoms with Gasteiger partial charge in [0, 0.05) is 17.1 Å². The number of hydrogen-bond acceptors (Lipinski definition) is 12. The Bertz CT molecular complexity index is 385. The quantitative estimate of drug-likeness (QED) is 0.138. The molecule has 14 nitrogen and oxygen atoms in total. The summed E-state index contributed by atoms with van der Waals surface area (Å²) in [6, 6.07) is 0. The van der Waals surface area contributed by atoms with Crippen molar-refractivity contribution in [2.24, 2.45) is 0 Å². The minimum absolute atomic E-state index is 0. The van der Waals surface area contributed by atoms with Crippen LogP contribution in [0.4, 0.5) is 0 Å². The van der Waals surface area contributed by atoms with Crippen LogP contribution in [0, 0.1) is 0 Å². The van der Waals surface area contributed by atoms with Gasteiger partial charge in [-0.15, -0.1) is 0 Å². The van der Waals surface area contributed by atoms with Crippen LogP contribution in [0.3, 0.4) is 0 Å². The molecule has 0 amide bonds. The van der Waals surface area contributed by atoms with Crippen LogP contribution in [0.1, 0.15) is 0 Å². The summed E-state index contributed by atoms with van der Waals surface area (Å²) in [4.78, 5) is 20.2. The Hall–Kier alpha value is -0.941. The van der Waals surface area contributed by atoms with Crippen molar-refractivity contribution in [3.05, 3.63) is 0 Å². The maximum absolute atomic E-state index is 10.1. The van der Waals surface area contributed by atoms with Crippen LogP contribution >= 0.6 is 0 Å². The van der Waals surface area contributed by atoms with Crippen LogP contribution in [0.2, 0.25) is 0 Å². The average molecular weight is 448 g/mol. The van der Waals surface area contributed by atoms with Crippen LogP contribution in [0.25, 0.3) is 0 Å². The van der Waals surface area contributed by atoms with E-state index in [1.165, 1.54) is 0 Å². The van der Waals surface area contributed by atoms with Gasteiger partial charge in [-0.25, -0.2) is 9.59 Å². The molecule has 0 spiro atoms. The summed E-state index contributed by atoms with van der Waals surface area (Å²) >= 11 is 0. The first-order valence-corrected chi connectivity index (χ1v) is 6.95. The van der Waals surface area contributed by atoms with Crippen LogP contribution in [0.5, 0.6) is 0 Å². The van der Waals surface area contributed by atoms with Crippen molar-refractivity contribution in [2.75, 3.05) is 13.2 Å². The van der Waals surface area contributed by atoms with E-state index in [1.807, 2.05) is 0 Å². The Morgan fingerprint density at radius 2 is 0.778 bits per heavy atom. The zero-order valence-corrected chi connectivity index (χ0v) is 14.7.